The molecule has 2 heterocycles. The molecule has 1 aliphatic rings. The molecule has 1 aromatic heterocycles. The SMILES string of the molecule is CC1(C)OB(c2cnc(N)cc2F)OC1(C)C. The van der Waals surface area contributed by atoms with E-state index in [1.807, 2.05) is 27.7 Å². The molecule has 0 bridgehead atoms. The van der Waals surface area contributed by atoms with Crippen molar-refractivity contribution in [3.63, 3.8) is 0 Å². The molecule has 2 N–H and O–H groups in total. The van der Waals surface area contributed by atoms with E-state index >= 15 is 0 Å². The number of rotatable bonds is 1. The van der Waals surface area contributed by atoms with Gasteiger partial charge in [-0.3, -0.25) is 0 Å². The summed E-state index contributed by atoms with van der Waals surface area (Å²) in [4.78, 5) is 3.86. The fourth-order valence-electron chi connectivity index (χ4n) is 1.60. The van der Waals surface area contributed by atoms with Gasteiger partial charge in [0.2, 0.25) is 0 Å². The molecular formula is C11H16BFN2O2. The Hall–Kier alpha value is -1.14. The van der Waals surface area contributed by atoms with Gasteiger partial charge in [-0.15, -0.1) is 0 Å². The van der Waals surface area contributed by atoms with E-state index in [2.05, 4.69) is 4.98 Å². The molecule has 6 heteroatoms. The van der Waals surface area contributed by atoms with E-state index in [4.69, 9.17) is 15.0 Å². The van der Waals surface area contributed by atoms with Crippen LogP contribution in [-0.2, 0) is 9.31 Å². The van der Waals surface area contributed by atoms with Crippen molar-refractivity contribution in [2.75, 3.05) is 5.73 Å². The summed E-state index contributed by atoms with van der Waals surface area (Å²) in [6.45, 7) is 7.65. The van der Waals surface area contributed by atoms with Crippen molar-refractivity contribution in [1.82, 2.24) is 4.98 Å². The minimum Gasteiger partial charge on any atom is -0.399 e. The third kappa shape index (κ3) is 2.02. The first-order valence-electron chi connectivity index (χ1n) is 5.49. The molecule has 0 radical (unpaired) electrons. The second-order valence-corrected chi connectivity index (χ2v) is 5.22. The number of nitrogens with zero attached hydrogens (tertiary/aromatic N) is 1. The standard InChI is InChI=1S/C11H16BFN2O2/c1-10(2)11(3,4)17-12(16-10)7-6-15-9(14)5-8(7)13/h5-6H,1-4H3,(H2,14,15). The van der Waals surface area contributed by atoms with Gasteiger partial charge in [0.05, 0.1) is 11.2 Å². The Labute approximate surface area is 100 Å². The van der Waals surface area contributed by atoms with E-state index in [-0.39, 0.29) is 11.3 Å². The van der Waals surface area contributed by atoms with Gasteiger partial charge >= 0.3 is 7.12 Å². The summed E-state index contributed by atoms with van der Waals surface area (Å²) in [7, 11) is -0.742. The third-order valence-electron chi connectivity index (χ3n) is 3.41. The summed E-state index contributed by atoms with van der Waals surface area (Å²) in [6.07, 6.45) is 1.35. The summed E-state index contributed by atoms with van der Waals surface area (Å²) in [5.74, 6) is -0.321. The normalized spacial score (nSPS) is 21.8. The first-order chi connectivity index (χ1) is 7.73. The van der Waals surface area contributed by atoms with Crippen LogP contribution in [0.5, 0.6) is 0 Å². The second-order valence-electron chi connectivity index (χ2n) is 5.22. The molecule has 1 fully saturated rings. The molecule has 92 valence electrons. The van der Waals surface area contributed by atoms with Crippen LogP contribution in [0.4, 0.5) is 10.2 Å². The Bertz CT molecular complexity index is 435. The zero-order valence-electron chi connectivity index (χ0n) is 10.5. The molecule has 0 spiro atoms. The lowest BCUT2D eigenvalue weighted by Crippen LogP contribution is -2.41. The first-order valence-corrected chi connectivity index (χ1v) is 5.49. The van der Waals surface area contributed by atoms with Crippen LogP contribution in [0.1, 0.15) is 27.7 Å². The van der Waals surface area contributed by atoms with Crippen molar-refractivity contribution >= 4 is 18.4 Å². The highest BCUT2D eigenvalue weighted by molar-refractivity contribution is 6.62. The Morgan fingerprint density at radius 3 is 2.24 bits per heavy atom. The van der Waals surface area contributed by atoms with Crippen molar-refractivity contribution < 1.29 is 13.7 Å². The molecule has 2 rings (SSSR count). The number of halogens is 1. The highest BCUT2D eigenvalue weighted by Gasteiger charge is 2.52. The van der Waals surface area contributed by atoms with Crippen LogP contribution in [0.25, 0.3) is 0 Å². The number of hydrogen-bond acceptors (Lipinski definition) is 4. The van der Waals surface area contributed by atoms with E-state index in [1.165, 1.54) is 12.3 Å². The molecule has 1 aliphatic heterocycles. The molecule has 0 aromatic carbocycles. The van der Waals surface area contributed by atoms with Gasteiger partial charge in [-0.05, 0) is 27.7 Å². The highest BCUT2D eigenvalue weighted by atomic mass is 19.1. The average Bonchev–Trinajstić information content (AvgIpc) is 2.35. The van der Waals surface area contributed by atoms with Gasteiger partial charge in [-0.2, -0.15) is 0 Å². The Balaban J connectivity index is 2.32. The molecule has 4 nitrogen and oxygen atoms in total. The number of aromatic nitrogens is 1. The van der Waals surface area contributed by atoms with Crippen LogP contribution in [0.2, 0.25) is 0 Å². The molecule has 1 aromatic rings. The number of pyridine rings is 1. The van der Waals surface area contributed by atoms with Crippen LogP contribution < -0.4 is 11.2 Å². The van der Waals surface area contributed by atoms with Crippen LogP contribution in [0, 0.1) is 5.82 Å². The van der Waals surface area contributed by atoms with E-state index in [0.717, 1.165) is 0 Å². The van der Waals surface area contributed by atoms with Gasteiger partial charge < -0.3 is 15.0 Å². The quantitative estimate of drug-likeness (QED) is 0.744. The zero-order chi connectivity index (χ0) is 12.8. The van der Waals surface area contributed by atoms with E-state index < -0.39 is 24.1 Å². The van der Waals surface area contributed by atoms with Crippen molar-refractivity contribution in [2.24, 2.45) is 0 Å². The van der Waals surface area contributed by atoms with Crippen molar-refractivity contribution in [3.8, 4) is 0 Å². The number of nitrogens with two attached hydrogens (primary N) is 1. The predicted molar refractivity (Wildman–Crippen MR) is 64.3 cm³/mol. The third-order valence-corrected chi connectivity index (χ3v) is 3.41. The maximum Gasteiger partial charge on any atom is 0.499 e. The minimum atomic E-state index is -0.742. The molecule has 1 saturated heterocycles. The maximum absolute atomic E-state index is 13.7. The van der Waals surface area contributed by atoms with Crippen LogP contribution in [-0.4, -0.2) is 23.3 Å². The van der Waals surface area contributed by atoms with E-state index in [1.54, 1.807) is 0 Å². The van der Waals surface area contributed by atoms with Crippen molar-refractivity contribution in [3.05, 3.63) is 18.1 Å². The van der Waals surface area contributed by atoms with Crippen molar-refractivity contribution in [1.29, 1.82) is 0 Å². The summed E-state index contributed by atoms with van der Waals surface area (Å²) < 4.78 is 25.2. The van der Waals surface area contributed by atoms with Gasteiger partial charge in [-0.1, -0.05) is 0 Å². The molecule has 0 aliphatic carbocycles. The summed E-state index contributed by atoms with van der Waals surface area (Å²) >= 11 is 0. The average molecular weight is 238 g/mol. The van der Waals surface area contributed by atoms with Crippen LogP contribution >= 0.6 is 0 Å². The summed E-state index contributed by atoms with van der Waals surface area (Å²) in [5.41, 5.74) is 4.69. The fourth-order valence-corrected chi connectivity index (χ4v) is 1.60. The summed E-state index contributed by atoms with van der Waals surface area (Å²) in [5, 5.41) is 0. The molecule has 0 amide bonds. The van der Waals surface area contributed by atoms with Gasteiger partial charge in [-0.25, -0.2) is 9.37 Å². The molecule has 0 unspecified atom stereocenters. The lowest BCUT2D eigenvalue weighted by Gasteiger charge is -2.32. The molecule has 0 atom stereocenters. The van der Waals surface area contributed by atoms with E-state index in [0.29, 0.717) is 0 Å². The number of nitrogen functional groups attached to an aromatic ring is 1. The lowest BCUT2D eigenvalue weighted by molar-refractivity contribution is 0.00578. The predicted octanol–water partition coefficient (Wildman–Crippen LogP) is 1.10. The second kappa shape index (κ2) is 3.68. The van der Waals surface area contributed by atoms with E-state index in [9.17, 15) is 4.39 Å². The van der Waals surface area contributed by atoms with Gasteiger partial charge in [0.1, 0.15) is 11.6 Å². The molecule has 17 heavy (non-hydrogen) atoms. The molecular weight excluding hydrogens is 222 g/mol. The van der Waals surface area contributed by atoms with Crippen LogP contribution in [0.3, 0.4) is 0 Å². The van der Waals surface area contributed by atoms with Gasteiger partial charge in [0, 0.05) is 17.7 Å². The Kier molecular flexibility index (Phi) is 2.67. The van der Waals surface area contributed by atoms with Crippen LogP contribution in [0.15, 0.2) is 12.3 Å². The Morgan fingerprint density at radius 1 is 1.24 bits per heavy atom. The topological polar surface area (TPSA) is 57.4 Å². The monoisotopic (exact) mass is 238 g/mol. The number of hydrogen-bond donors (Lipinski definition) is 1. The highest BCUT2D eigenvalue weighted by Crippen LogP contribution is 2.36. The summed E-state index contributed by atoms with van der Waals surface area (Å²) in [6, 6.07) is 1.17. The first kappa shape index (κ1) is 12.3. The number of anilines is 1. The fraction of sp³-hybridized carbons (Fsp3) is 0.545. The minimum absolute atomic E-state index is 0.141. The van der Waals surface area contributed by atoms with Crippen molar-refractivity contribution in [2.45, 2.75) is 38.9 Å². The largest absolute Gasteiger partial charge is 0.499 e. The smallest absolute Gasteiger partial charge is 0.399 e. The molecule has 0 saturated carbocycles. The lowest BCUT2D eigenvalue weighted by atomic mass is 9.80. The Morgan fingerprint density at radius 2 is 1.76 bits per heavy atom. The van der Waals surface area contributed by atoms with Gasteiger partial charge in [0.15, 0.2) is 0 Å². The maximum atomic E-state index is 13.7. The van der Waals surface area contributed by atoms with Gasteiger partial charge in [0.25, 0.3) is 0 Å². The zero-order valence-corrected chi connectivity index (χ0v) is 10.5.